The molecule has 3 aromatic carbocycles. The van der Waals surface area contributed by atoms with Crippen LogP contribution in [0, 0.1) is 6.92 Å². The predicted molar refractivity (Wildman–Crippen MR) is 155 cm³/mol. The Morgan fingerprint density at radius 2 is 1.55 bits per heavy atom. The number of carbonyl (C=O) groups excluding carboxylic acids is 2. The molecule has 0 unspecified atom stereocenters. The zero-order valence-corrected chi connectivity index (χ0v) is 23.2. The largest absolute Gasteiger partial charge is 0.493 e. The second-order valence-electron chi connectivity index (χ2n) is 9.28. The average molecular weight is 558 g/mol. The molecule has 5 rings (SSSR count). The van der Waals surface area contributed by atoms with Gasteiger partial charge in [0.1, 0.15) is 17.4 Å². The van der Waals surface area contributed by atoms with Crippen LogP contribution in [0.5, 0.6) is 11.5 Å². The van der Waals surface area contributed by atoms with Gasteiger partial charge < -0.3 is 25.4 Å². The van der Waals surface area contributed by atoms with Gasteiger partial charge in [0, 0.05) is 27.7 Å². The maximum atomic E-state index is 13.8. The molecular formula is C30H28ClN5O4. The number of halogens is 1. The van der Waals surface area contributed by atoms with E-state index >= 15 is 0 Å². The van der Waals surface area contributed by atoms with Gasteiger partial charge in [0.25, 0.3) is 11.8 Å². The number of rotatable bonds is 7. The fourth-order valence-corrected chi connectivity index (χ4v) is 4.82. The second-order valence-corrected chi connectivity index (χ2v) is 9.72. The molecule has 0 fully saturated rings. The number of para-hydroxylation sites is 1. The molecule has 0 aliphatic carbocycles. The molecule has 1 atom stereocenters. The number of anilines is 3. The smallest absolute Gasteiger partial charge is 0.261 e. The first-order valence-electron chi connectivity index (χ1n) is 12.5. The van der Waals surface area contributed by atoms with Crippen molar-refractivity contribution in [2.24, 2.45) is 0 Å². The molecule has 40 heavy (non-hydrogen) atoms. The number of allylic oxidation sites excluding steroid dienone is 1. The summed E-state index contributed by atoms with van der Waals surface area (Å²) in [5, 5.41) is 14.2. The SMILES string of the molecule is COc1cccc([C@H]2C(C(=O)Nc3ccc(Cl)cc3)=C(C)Nc3c(C(=O)Nc4ccc(C)cc4)cnn32)c1OC. The number of nitrogens with one attached hydrogen (secondary N) is 3. The molecule has 1 aromatic heterocycles. The van der Waals surface area contributed by atoms with Gasteiger partial charge in [0.15, 0.2) is 11.5 Å². The number of carbonyl (C=O) groups is 2. The zero-order chi connectivity index (χ0) is 28.4. The first kappa shape index (κ1) is 26.8. The van der Waals surface area contributed by atoms with Crippen LogP contribution < -0.4 is 25.4 Å². The van der Waals surface area contributed by atoms with Gasteiger partial charge in [0.05, 0.1) is 26.0 Å². The predicted octanol–water partition coefficient (Wildman–Crippen LogP) is 6.04. The van der Waals surface area contributed by atoms with Crippen LogP contribution in [0.15, 0.2) is 84.2 Å². The molecule has 2 heterocycles. The van der Waals surface area contributed by atoms with Crippen molar-refractivity contribution in [2.75, 3.05) is 30.2 Å². The summed E-state index contributed by atoms with van der Waals surface area (Å²) < 4.78 is 12.9. The quantitative estimate of drug-likeness (QED) is 0.256. The Balaban J connectivity index is 1.59. The van der Waals surface area contributed by atoms with Crippen LogP contribution in [-0.2, 0) is 4.79 Å². The lowest BCUT2D eigenvalue weighted by Crippen LogP contribution is -2.32. The first-order valence-corrected chi connectivity index (χ1v) is 12.9. The maximum Gasteiger partial charge on any atom is 0.261 e. The summed E-state index contributed by atoms with van der Waals surface area (Å²) in [6, 6.07) is 19.1. The van der Waals surface area contributed by atoms with Gasteiger partial charge in [-0.3, -0.25) is 9.59 Å². The van der Waals surface area contributed by atoms with Gasteiger partial charge in [-0.1, -0.05) is 41.4 Å². The van der Waals surface area contributed by atoms with E-state index in [0.717, 1.165) is 5.56 Å². The van der Waals surface area contributed by atoms with Crippen LogP contribution >= 0.6 is 11.6 Å². The fraction of sp³-hybridized carbons (Fsp3) is 0.167. The van der Waals surface area contributed by atoms with E-state index in [1.54, 1.807) is 49.0 Å². The maximum absolute atomic E-state index is 13.8. The minimum Gasteiger partial charge on any atom is -0.493 e. The summed E-state index contributed by atoms with van der Waals surface area (Å²) in [7, 11) is 3.09. The Kier molecular flexibility index (Phi) is 7.48. The van der Waals surface area contributed by atoms with E-state index in [-0.39, 0.29) is 11.8 Å². The van der Waals surface area contributed by atoms with Crippen molar-refractivity contribution in [2.45, 2.75) is 19.9 Å². The normalized spacial score (nSPS) is 14.2. The van der Waals surface area contributed by atoms with Crippen molar-refractivity contribution in [3.8, 4) is 11.5 Å². The minimum atomic E-state index is -0.741. The van der Waals surface area contributed by atoms with Crippen molar-refractivity contribution in [1.82, 2.24) is 9.78 Å². The number of fused-ring (bicyclic) bond motifs is 1. The van der Waals surface area contributed by atoms with Gasteiger partial charge in [-0.05, 0) is 56.3 Å². The van der Waals surface area contributed by atoms with Gasteiger partial charge in [-0.25, -0.2) is 4.68 Å². The third-order valence-corrected chi connectivity index (χ3v) is 6.90. The highest BCUT2D eigenvalue weighted by Crippen LogP contribution is 2.44. The number of methoxy groups -OCH3 is 2. The van der Waals surface area contributed by atoms with E-state index in [1.807, 2.05) is 43.3 Å². The van der Waals surface area contributed by atoms with Gasteiger partial charge in [0.2, 0.25) is 0 Å². The molecule has 2 amide bonds. The molecule has 0 radical (unpaired) electrons. The van der Waals surface area contributed by atoms with E-state index in [0.29, 0.717) is 56.1 Å². The molecule has 1 aliphatic rings. The van der Waals surface area contributed by atoms with Crippen LogP contribution in [0.25, 0.3) is 0 Å². The number of hydrogen-bond acceptors (Lipinski definition) is 6. The van der Waals surface area contributed by atoms with Crippen LogP contribution in [0.4, 0.5) is 17.2 Å². The Morgan fingerprint density at radius 3 is 2.20 bits per heavy atom. The molecule has 1 aliphatic heterocycles. The first-order chi connectivity index (χ1) is 19.3. The Hall–Kier alpha value is -4.76. The molecule has 3 N–H and O–H groups in total. The third kappa shape index (κ3) is 5.11. The molecule has 0 saturated heterocycles. The van der Waals surface area contributed by atoms with Crippen molar-refractivity contribution < 1.29 is 19.1 Å². The van der Waals surface area contributed by atoms with Crippen molar-refractivity contribution in [3.63, 3.8) is 0 Å². The molecule has 9 nitrogen and oxygen atoms in total. The molecule has 204 valence electrons. The van der Waals surface area contributed by atoms with Gasteiger partial charge in [-0.2, -0.15) is 5.10 Å². The van der Waals surface area contributed by atoms with Crippen LogP contribution in [0.2, 0.25) is 5.02 Å². The fourth-order valence-electron chi connectivity index (χ4n) is 4.70. The molecule has 4 aromatic rings. The summed E-state index contributed by atoms with van der Waals surface area (Å²) in [6.07, 6.45) is 1.48. The average Bonchev–Trinajstić information content (AvgIpc) is 3.37. The number of aryl methyl sites for hydroxylation is 1. The summed E-state index contributed by atoms with van der Waals surface area (Å²) >= 11 is 6.03. The van der Waals surface area contributed by atoms with Crippen LogP contribution in [0.1, 0.15) is 34.5 Å². The summed E-state index contributed by atoms with van der Waals surface area (Å²) in [4.78, 5) is 27.1. The topological polar surface area (TPSA) is 107 Å². The highest BCUT2D eigenvalue weighted by molar-refractivity contribution is 6.30. The highest BCUT2D eigenvalue weighted by Gasteiger charge is 2.37. The standard InChI is InChI=1S/C30H28ClN5O4/c1-17-8-12-20(13-9-17)34-29(37)23-16-32-36-26(22-6-5-7-24(39-3)27(22)40-4)25(18(2)33-28(23)36)30(38)35-21-14-10-19(31)11-15-21/h5-16,26,33H,1-4H3,(H,34,37)(H,35,38)/t26-/m0/s1. The Labute approximate surface area is 236 Å². The second kappa shape index (κ2) is 11.2. The monoisotopic (exact) mass is 557 g/mol. The van der Waals surface area contributed by atoms with Gasteiger partial charge in [-0.15, -0.1) is 0 Å². The minimum absolute atomic E-state index is 0.323. The van der Waals surface area contributed by atoms with E-state index in [9.17, 15) is 9.59 Å². The Morgan fingerprint density at radius 1 is 0.900 bits per heavy atom. The number of nitrogens with zero attached hydrogens (tertiary/aromatic N) is 2. The van der Waals surface area contributed by atoms with Crippen LogP contribution in [0.3, 0.4) is 0 Å². The van der Waals surface area contributed by atoms with E-state index < -0.39 is 6.04 Å². The van der Waals surface area contributed by atoms with Crippen molar-refractivity contribution in [1.29, 1.82) is 0 Å². The zero-order valence-electron chi connectivity index (χ0n) is 22.4. The lowest BCUT2D eigenvalue weighted by molar-refractivity contribution is -0.113. The van der Waals surface area contributed by atoms with E-state index in [2.05, 4.69) is 21.0 Å². The molecule has 0 spiro atoms. The summed E-state index contributed by atoms with van der Waals surface area (Å²) in [6.45, 7) is 3.76. The molecule has 10 heteroatoms. The molecular weight excluding hydrogens is 530 g/mol. The number of amides is 2. The number of aromatic nitrogens is 2. The Bertz CT molecular complexity index is 1610. The van der Waals surface area contributed by atoms with Crippen molar-refractivity contribution in [3.05, 3.63) is 106 Å². The number of ether oxygens (including phenoxy) is 2. The molecule has 0 saturated carbocycles. The van der Waals surface area contributed by atoms with E-state index in [4.69, 9.17) is 21.1 Å². The number of hydrogen-bond donors (Lipinski definition) is 3. The summed E-state index contributed by atoms with van der Waals surface area (Å²) in [5.41, 5.74) is 4.23. The summed E-state index contributed by atoms with van der Waals surface area (Å²) in [5.74, 6) is 0.707. The lowest BCUT2D eigenvalue weighted by atomic mass is 9.93. The van der Waals surface area contributed by atoms with E-state index in [1.165, 1.54) is 13.3 Å². The van der Waals surface area contributed by atoms with Crippen molar-refractivity contribution >= 4 is 40.6 Å². The molecule has 0 bridgehead atoms. The lowest BCUT2D eigenvalue weighted by Gasteiger charge is -2.31. The van der Waals surface area contributed by atoms with Crippen LogP contribution in [-0.4, -0.2) is 35.8 Å². The number of benzene rings is 3. The third-order valence-electron chi connectivity index (χ3n) is 6.65. The highest BCUT2D eigenvalue weighted by atomic mass is 35.5. The van der Waals surface area contributed by atoms with Gasteiger partial charge >= 0.3 is 0 Å².